The predicted octanol–water partition coefficient (Wildman–Crippen LogP) is 1.28. The third-order valence-corrected chi connectivity index (χ3v) is 5.40. The lowest BCUT2D eigenvalue weighted by molar-refractivity contribution is -0.143. The van der Waals surface area contributed by atoms with E-state index in [9.17, 15) is 18.0 Å². The molecule has 11 heteroatoms. The molecular formula is C22H26N2O8S. The van der Waals surface area contributed by atoms with E-state index in [0.29, 0.717) is 29.2 Å². The number of rotatable bonds is 11. The van der Waals surface area contributed by atoms with Crippen LogP contribution in [0.15, 0.2) is 47.4 Å². The number of carbonyl (C=O) groups excluding carboxylic acids is 2. The summed E-state index contributed by atoms with van der Waals surface area (Å²) < 4.78 is 43.2. The Morgan fingerprint density at radius 3 is 2.15 bits per heavy atom. The number of nitrogens with one attached hydrogen (secondary N) is 1. The molecule has 0 aliphatic rings. The third-order valence-electron chi connectivity index (χ3n) is 4.47. The maximum atomic E-state index is 12.0. The topological polar surface area (TPSA) is 143 Å². The highest BCUT2D eigenvalue weighted by molar-refractivity contribution is 7.89. The van der Waals surface area contributed by atoms with Crippen LogP contribution in [0.4, 0.5) is 0 Å². The number of hydrogen-bond donors (Lipinski definition) is 2. The van der Waals surface area contributed by atoms with Crippen LogP contribution in [-0.2, 0) is 30.8 Å². The summed E-state index contributed by atoms with van der Waals surface area (Å²) in [5.74, 6) is 0.227. The lowest BCUT2D eigenvalue weighted by Gasteiger charge is -2.12. The quantitative estimate of drug-likeness (QED) is 0.363. The van der Waals surface area contributed by atoms with Gasteiger partial charge in [0.2, 0.25) is 10.0 Å². The first-order valence-corrected chi connectivity index (χ1v) is 11.3. The van der Waals surface area contributed by atoms with Gasteiger partial charge in [-0.1, -0.05) is 12.1 Å². The van der Waals surface area contributed by atoms with Gasteiger partial charge in [0, 0.05) is 24.3 Å². The second kappa shape index (κ2) is 11.9. The third kappa shape index (κ3) is 7.81. The van der Waals surface area contributed by atoms with Crippen LogP contribution >= 0.6 is 0 Å². The molecule has 0 aliphatic carbocycles. The highest BCUT2D eigenvalue weighted by Crippen LogP contribution is 2.35. The van der Waals surface area contributed by atoms with Crippen LogP contribution in [0.25, 0.3) is 6.08 Å². The van der Waals surface area contributed by atoms with Crippen molar-refractivity contribution in [2.45, 2.75) is 11.3 Å². The van der Waals surface area contributed by atoms with Gasteiger partial charge in [-0.05, 0) is 36.3 Å². The zero-order valence-electron chi connectivity index (χ0n) is 18.5. The summed E-state index contributed by atoms with van der Waals surface area (Å²) >= 11 is 0. The van der Waals surface area contributed by atoms with Crippen LogP contribution in [0, 0.1) is 0 Å². The van der Waals surface area contributed by atoms with Crippen molar-refractivity contribution >= 4 is 28.0 Å². The Balaban J connectivity index is 1.82. The first kappa shape index (κ1) is 25.7. The highest BCUT2D eigenvalue weighted by atomic mass is 32.2. The fourth-order valence-corrected chi connectivity index (χ4v) is 3.28. The molecule has 2 aromatic carbocycles. The van der Waals surface area contributed by atoms with E-state index in [1.807, 2.05) is 0 Å². The van der Waals surface area contributed by atoms with E-state index in [2.05, 4.69) is 5.32 Å². The monoisotopic (exact) mass is 478 g/mol. The zero-order valence-corrected chi connectivity index (χ0v) is 19.3. The smallest absolute Gasteiger partial charge is 0.331 e. The molecule has 0 aliphatic heterocycles. The Bertz CT molecular complexity index is 1110. The van der Waals surface area contributed by atoms with Gasteiger partial charge in [0.25, 0.3) is 5.91 Å². The molecule has 0 spiro atoms. The SMILES string of the molecule is COc1cc(OC)c(OC)cc1/C=C/C(=O)OCC(=O)NCCc1ccc(S(N)(=O)=O)cc1. The van der Waals surface area contributed by atoms with E-state index < -0.39 is 28.5 Å². The van der Waals surface area contributed by atoms with E-state index in [1.54, 1.807) is 24.3 Å². The predicted molar refractivity (Wildman–Crippen MR) is 121 cm³/mol. The molecule has 3 N–H and O–H groups in total. The molecule has 0 radical (unpaired) electrons. The first-order valence-electron chi connectivity index (χ1n) is 9.71. The molecule has 2 aromatic rings. The van der Waals surface area contributed by atoms with Gasteiger partial charge in [-0.2, -0.15) is 0 Å². The number of esters is 1. The molecule has 0 aromatic heterocycles. The Morgan fingerprint density at radius 2 is 1.58 bits per heavy atom. The Morgan fingerprint density at radius 1 is 0.970 bits per heavy atom. The number of primary sulfonamides is 1. The molecule has 0 bridgehead atoms. The fraction of sp³-hybridized carbons (Fsp3) is 0.273. The average molecular weight is 479 g/mol. The van der Waals surface area contributed by atoms with Crippen LogP contribution in [0.2, 0.25) is 0 Å². The molecule has 1 amide bonds. The number of benzene rings is 2. The van der Waals surface area contributed by atoms with Crippen molar-refractivity contribution < 1.29 is 37.0 Å². The Labute approximate surface area is 192 Å². The van der Waals surface area contributed by atoms with Crippen LogP contribution in [0.5, 0.6) is 17.2 Å². The number of nitrogens with two attached hydrogens (primary N) is 1. The number of hydrogen-bond acceptors (Lipinski definition) is 8. The normalized spacial score (nSPS) is 11.2. The van der Waals surface area contributed by atoms with Crippen molar-refractivity contribution in [3.8, 4) is 17.2 Å². The van der Waals surface area contributed by atoms with Gasteiger partial charge in [-0.3, -0.25) is 4.79 Å². The maximum Gasteiger partial charge on any atom is 0.331 e. The van der Waals surface area contributed by atoms with Crippen LogP contribution < -0.4 is 24.7 Å². The second-order valence-corrected chi connectivity index (χ2v) is 8.24. The molecule has 178 valence electrons. The average Bonchev–Trinajstić information content (AvgIpc) is 2.80. The molecule has 0 unspecified atom stereocenters. The summed E-state index contributed by atoms with van der Waals surface area (Å²) in [6.07, 6.45) is 3.11. The Hall–Kier alpha value is -3.57. The standard InChI is InChI=1S/C22H26N2O8S/c1-29-18-13-20(31-3)19(30-2)12-16(18)6-9-22(26)32-14-21(25)24-11-10-15-4-7-17(8-5-15)33(23,27)28/h4-9,12-13H,10-11,14H2,1-3H3,(H,24,25)(H2,23,27,28)/b9-6+. The van der Waals surface area contributed by atoms with Crippen molar-refractivity contribution in [1.82, 2.24) is 5.32 Å². The molecule has 10 nitrogen and oxygen atoms in total. The van der Waals surface area contributed by atoms with Crippen LogP contribution in [0.3, 0.4) is 0 Å². The van der Waals surface area contributed by atoms with Gasteiger partial charge in [-0.25, -0.2) is 18.4 Å². The number of methoxy groups -OCH3 is 3. The van der Waals surface area contributed by atoms with E-state index in [0.717, 1.165) is 5.56 Å². The molecule has 0 saturated heterocycles. The molecule has 0 saturated carbocycles. The van der Waals surface area contributed by atoms with E-state index >= 15 is 0 Å². The number of sulfonamides is 1. The van der Waals surface area contributed by atoms with Gasteiger partial charge in [0.05, 0.1) is 26.2 Å². The van der Waals surface area contributed by atoms with Gasteiger partial charge in [0.15, 0.2) is 18.1 Å². The molecule has 0 atom stereocenters. The summed E-state index contributed by atoms with van der Waals surface area (Å²) in [6, 6.07) is 9.28. The highest BCUT2D eigenvalue weighted by Gasteiger charge is 2.11. The fourth-order valence-electron chi connectivity index (χ4n) is 2.77. The van der Waals surface area contributed by atoms with Gasteiger partial charge in [-0.15, -0.1) is 0 Å². The minimum Gasteiger partial charge on any atom is -0.496 e. The van der Waals surface area contributed by atoms with Gasteiger partial charge in [0.1, 0.15) is 5.75 Å². The van der Waals surface area contributed by atoms with E-state index in [1.165, 1.54) is 45.6 Å². The van der Waals surface area contributed by atoms with Crippen molar-refractivity contribution in [3.63, 3.8) is 0 Å². The summed E-state index contributed by atoms with van der Waals surface area (Å²) in [4.78, 5) is 23.9. The molecule has 2 rings (SSSR count). The zero-order chi connectivity index (χ0) is 24.4. The maximum absolute atomic E-state index is 12.0. The Kier molecular flexibility index (Phi) is 9.25. The largest absolute Gasteiger partial charge is 0.496 e. The van der Waals surface area contributed by atoms with E-state index in [-0.39, 0.29) is 11.4 Å². The molecule has 0 heterocycles. The van der Waals surface area contributed by atoms with Crippen molar-refractivity contribution in [1.29, 1.82) is 0 Å². The molecular weight excluding hydrogens is 452 g/mol. The number of carbonyl (C=O) groups is 2. The first-order chi connectivity index (χ1) is 15.7. The summed E-state index contributed by atoms with van der Waals surface area (Å²) in [6.45, 7) is -0.166. The van der Waals surface area contributed by atoms with Gasteiger partial charge >= 0.3 is 5.97 Å². The number of amides is 1. The minimum absolute atomic E-state index is 0.0148. The summed E-state index contributed by atoms with van der Waals surface area (Å²) in [5, 5.41) is 7.67. The van der Waals surface area contributed by atoms with Crippen LogP contribution in [-0.4, -0.2) is 54.8 Å². The lowest BCUT2D eigenvalue weighted by atomic mass is 10.1. The minimum atomic E-state index is -3.75. The summed E-state index contributed by atoms with van der Waals surface area (Å²) in [7, 11) is 0.727. The molecule has 33 heavy (non-hydrogen) atoms. The van der Waals surface area contributed by atoms with Crippen molar-refractivity contribution in [3.05, 3.63) is 53.6 Å². The molecule has 0 fully saturated rings. The van der Waals surface area contributed by atoms with E-state index in [4.69, 9.17) is 24.1 Å². The van der Waals surface area contributed by atoms with Crippen molar-refractivity contribution in [2.24, 2.45) is 5.14 Å². The number of ether oxygens (including phenoxy) is 4. The summed E-state index contributed by atoms with van der Waals surface area (Å²) in [5.41, 5.74) is 1.37. The van der Waals surface area contributed by atoms with Gasteiger partial charge < -0.3 is 24.3 Å². The second-order valence-electron chi connectivity index (χ2n) is 6.68. The van der Waals surface area contributed by atoms with Crippen LogP contribution in [0.1, 0.15) is 11.1 Å². The van der Waals surface area contributed by atoms with Crippen molar-refractivity contribution in [2.75, 3.05) is 34.5 Å². The lowest BCUT2D eigenvalue weighted by Crippen LogP contribution is -2.30.